The highest BCUT2D eigenvalue weighted by molar-refractivity contribution is 5.10. The lowest BCUT2D eigenvalue weighted by molar-refractivity contribution is 0.445. The van der Waals surface area contributed by atoms with Gasteiger partial charge in [-0.3, -0.25) is 0 Å². The minimum Gasteiger partial charge on any atom is -0.305 e. The fraction of sp³-hybridized carbons (Fsp3) is 0.636. The van der Waals surface area contributed by atoms with Gasteiger partial charge in [0.05, 0.1) is 0 Å². The van der Waals surface area contributed by atoms with Gasteiger partial charge >= 0.3 is 0 Å². The van der Waals surface area contributed by atoms with Crippen molar-refractivity contribution < 1.29 is 0 Å². The van der Waals surface area contributed by atoms with Crippen molar-refractivity contribution >= 4 is 0 Å². The first-order valence-electron chi connectivity index (χ1n) is 4.60. The van der Waals surface area contributed by atoms with Gasteiger partial charge in [-0.25, -0.2) is 0 Å². The van der Waals surface area contributed by atoms with Gasteiger partial charge in [0.2, 0.25) is 0 Å². The third kappa shape index (κ3) is 12.1. The first-order valence-corrected chi connectivity index (χ1v) is 4.60. The van der Waals surface area contributed by atoms with Gasteiger partial charge in [-0.05, 0) is 27.9 Å². The van der Waals surface area contributed by atoms with Crippen LogP contribution in [0.3, 0.4) is 0 Å². The second kappa shape index (κ2) is 10.4. The molecule has 0 aromatic carbocycles. The molecule has 0 aliphatic heterocycles. The molecule has 0 fully saturated rings. The summed E-state index contributed by atoms with van der Waals surface area (Å²) in [5.74, 6) is 0. The van der Waals surface area contributed by atoms with E-state index < -0.39 is 0 Å². The van der Waals surface area contributed by atoms with Crippen LogP contribution < -0.4 is 0 Å². The summed E-state index contributed by atoms with van der Waals surface area (Å²) < 4.78 is 0. The minimum atomic E-state index is 1.05. The molecule has 1 nitrogen and oxygen atoms in total. The molecule has 0 saturated heterocycles. The SMILES string of the molecule is C/C=C\C=C(/C)CN(C)C.CC. The van der Waals surface area contributed by atoms with Gasteiger partial charge in [0.1, 0.15) is 0 Å². The van der Waals surface area contributed by atoms with Gasteiger partial charge in [0, 0.05) is 6.54 Å². The van der Waals surface area contributed by atoms with E-state index in [9.17, 15) is 0 Å². The second-order valence-electron chi connectivity index (χ2n) is 2.78. The number of allylic oxidation sites excluding steroid dienone is 3. The molecule has 72 valence electrons. The lowest BCUT2D eigenvalue weighted by Gasteiger charge is -2.08. The molecule has 12 heavy (non-hydrogen) atoms. The highest BCUT2D eigenvalue weighted by Gasteiger charge is 1.88. The van der Waals surface area contributed by atoms with E-state index in [1.54, 1.807) is 0 Å². The summed E-state index contributed by atoms with van der Waals surface area (Å²) in [7, 11) is 4.15. The molecule has 0 rings (SSSR count). The van der Waals surface area contributed by atoms with Crippen molar-refractivity contribution in [2.45, 2.75) is 27.7 Å². The maximum absolute atomic E-state index is 2.16. The molecule has 0 unspecified atom stereocenters. The van der Waals surface area contributed by atoms with Gasteiger partial charge in [-0.15, -0.1) is 0 Å². The highest BCUT2D eigenvalue weighted by atomic mass is 15.0. The predicted octanol–water partition coefficient (Wildman–Crippen LogP) is 3.10. The van der Waals surface area contributed by atoms with E-state index in [2.05, 4.69) is 38.1 Å². The topological polar surface area (TPSA) is 3.24 Å². The number of hydrogen-bond acceptors (Lipinski definition) is 1. The summed E-state index contributed by atoms with van der Waals surface area (Å²) in [6.07, 6.45) is 6.25. The monoisotopic (exact) mass is 169 g/mol. The summed E-state index contributed by atoms with van der Waals surface area (Å²) in [4.78, 5) is 2.16. The van der Waals surface area contributed by atoms with Gasteiger partial charge in [-0.2, -0.15) is 0 Å². The number of likely N-dealkylation sites (N-methyl/N-ethyl adjacent to an activating group) is 1. The molecule has 0 heterocycles. The molecule has 0 bridgehead atoms. The normalized spacial score (nSPS) is 11.8. The van der Waals surface area contributed by atoms with Crippen molar-refractivity contribution in [1.82, 2.24) is 4.90 Å². The Morgan fingerprint density at radius 1 is 1.25 bits per heavy atom. The molecule has 0 aromatic rings. The maximum Gasteiger partial charge on any atom is 0.0187 e. The van der Waals surface area contributed by atoms with Gasteiger partial charge in [0.15, 0.2) is 0 Å². The van der Waals surface area contributed by atoms with Crippen molar-refractivity contribution in [2.24, 2.45) is 0 Å². The lowest BCUT2D eigenvalue weighted by Crippen LogP contribution is -2.13. The summed E-state index contributed by atoms with van der Waals surface area (Å²) in [6, 6.07) is 0. The zero-order valence-corrected chi connectivity index (χ0v) is 9.39. The third-order valence-electron chi connectivity index (χ3n) is 1.14. The van der Waals surface area contributed by atoms with Crippen LogP contribution in [0.15, 0.2) is 23.8 Å². The Hall–Kier alpha value is -0.560. The second-order valence-corrected chi connectivity index (χ2v) is 2.78. The molecular formula is C11H23N. The fourth-order valence-electron chi connectivity index (χ4n) is 0.812. The van der Waals surface area contributed by atoms with Crippen LogP contribution in [-0.2, 0) is 0 Å². The predicted molar refractivity (Wildman–Crippen MR) is 58.5 cm³/mol. The Labute approximate surface area is 77.8 Å². The molecule has 0 aliphatic carbocycles. The van der Waals surface area contributed by atoms with Gasteiger partial charge < -0.3 is 4.90 Å². The van der Waals surface area contributed by atoms with E-state index in [0.717, 1.165) is 6.54 Å². The summed E-state index contributed by atoms with van der Waals surface area (Å²) in [5, 5.41) is 0. The number of nitrogens with zero attached hydrogens (tertiary/aromatic N) is 1. The largest absolute Gasteiger partial charge is 0.305 e. The van der Waals surface area contributed by atoms with Crippen molar-refractivity contribution in [3.8, 4) is 0 Å². The highest BCUT2D eigenvalue weighted by Crippen LogP contribution is 1.93. The molecule has 0 aliphatic rings. The number of hydrogen-bond donors (Lipinski definition) is 0. The first kappa shape index (κ1) is 14.0. The van der Waals surface area contributed by atoms with Crippen LogP contribution >= 0.6 is 0 Å². The van der Waals surface area contributed by atoms with Crippen LogP contribution in [0, 0.1) is 0 Å². The Bertz CT molecular complexity index is 132. The molecule has 0 amide bonds. The van der Waals surface area contributed by atoms with Crippen LogP contribution in [0.4, 0.5) is 0 Å². The fourth-order valence-corrected chi connectivity index (χ4v) is 0.812. The molecule has 0 saturated carbocycles. The van der Waals surface area contributed by atoms with E-state index in [1.165, 1.54) is 5.57 Å². The van der Waals surface area contributed by atoms with E-state index in [1.807, 2.05) is 26.8 Å². The first-order chi connectivity index (χ1) is 5.66. The van der Waals surface area contributed by atoms with Crippen LogP contribution in [-0.4, -0.2) is 25.5 Å². The molecule has 0 spiro atoms. The average Bonchev–Trinajstić information content (AvgIpc) is 2.03. The summed E-state index contributed by atoms with van der Waals surface area (Å²) >= 11 is 0. The third-order valence-corrected chi connectivity index (χ3v) is 1.14. The van der Waals surface area contributed by atoms with E-state index in [-0.39, 0.29) is 0 Å². The lowest BCUT2D eigenvalue weighted by atomic mass is 10.2. The molecule has 0 aromatic heterocycles. The van der Waals surface area contributed by atoms with Crippen LogP contribution in [0.1, 0.15) is 27.7 Å². The number of rotatable bonds is 3. The molecule has 0 atom stereocenters. The molecule has 1 heteroatoms. The van der Waals surface area contributed by atoms with E-state index >= 15 is 0 Å². The molecule has 0 N–H and O–H groups in total. The van der Waals surface area contributed by atoms with Crippen molar-refractivity contribution in [2.75, 3.05) is 20.6 Å². The van der Waals surface area contributed by atoms with Crippen LogP contribution in [0.2, 0.25) is 0 Å². The summed E-state index contributed by atoms with van der Waals surface area (Å²) in [6.45, 7) is 9.21. The zero-order valence-electron chi connectivity index (χ0n) is 9.39. The van der Waals surface area contributed by atoms with Gasteiger partial charge in [-0.1, -0.05) is 37.6 Å². The van der Waals surface area contributed by atoms with E-state index in [4.69, 9.17) is 0 Å². The minimum absolute atomic E-state index is 1.05. The Morgan fingerprint density at radius 3 is 2.08 bits per heavy atom. The smallest absolute Gasteiger partial charge is 0.0187 e. The Morgan fingerprint density at radius 2 is 1.75 bits per heavy atom. The van der Waals surface area contributed by atoms with Crippen molar-refractivity contribution in [3.05, 3.63) is 23.8 Å². The van der Waals surface area contributed by atoms with Crippen molar-refractivity contribution in [3.63, 3.8) is 0 Å². The van der Waals surface area contributed by atoms with Gasteiger partial charge in [0.25, 0.3) is 0 Å². The van der Waals surface area contributed by atoms with E-state index in [0.29, 0.717) is 0 Å². The summed E-state index contributed by atoms with van der Waals surface area (Å²) in [5.41, 5.74) is 1.39. The maximum atomic E-state index is 2.16. The Balaban J connectivity index is 0. The van der Waals surface area contributed by atoms with Crippen LogP contribution in [0.25, 0.3) is 0 Å². The molecular weight excluding hydrogens is 146 g/mol. The van der Waals surface area contributed by atoms with Crippen LogP contribution in [0.5, 0.6) is 0 Å². The van der Waals surface area contributed by atoms with Crippen molar-refractivity contribution in [1.29, 1.82) is 0 Å². The standard InChI is InChI=1S/C9H17N.C2H6/c1-5-6-7-9(2)8-10(3)4;1-2/h5-7H,8H2,1-4H3;1-2H3/b6-5-,9-7+;. The molecule has 0 radical (unpaired) electrons. The zero-order chi connectivity index (χ0) is 9.98. The quantitative estimate of drug-likeness (QED) is 0.587. The Kier molecular flexibility index (Phi) is 12.2. The average molecular weight is 169 g/mol.